The van der Waals surface area contributed by atoms with Crippen LogP contribution in [0.2, 0.25) is 0 Å². The Kier molecular flexibility index (Phi) is 6.07. The SMILES string of the molecule is C=CCOc1ccc(/C=C2/SC(=O)N(CCC)C2=O)cc1I. The molecule has 0 unspecified atom stereocenters. The summed E-state index contributed by atoms with van der Waals surface area (Å²) in [7, 11) is 0. The van der Waals surface area contributed by atoms with Crippen molar-refractivity contribution in [3.63, 3.8) is 0 Å². The van der Waals surface area contributed by atoms with Crippen LogP contribution in [0, 0.1) is 3.57 Å². The minimum absolute atomic E-state index is 0.196. The average Bonchev–Trinajstić information content (AvgIpc) is 2.74. The van der Waals surface area contributed by atoms with E-state index in [1.54, 1.807) is 12.2 Å². The van der Waals surface area contributed by atoms with E-state index >= 15 is 0 Å². The molecule has 1 aromatic carbocycles. The van der Waals surface area contributed by atoms with Crippen LogP contribution in [0.25, 0.3) is 6.08 Å². The van der Waals surface area contributed by atoms with Crippen LogP contribution in [-0.2, 0) is 4.79 Å². The highest BCUT2D eigenvalue weighted by molar-refractivity contribution is 14.1. The van der Waals surface area contributed by atoms with Gasteiger partial charge in [-0.15, -0.1) is 0 Å². The van der Waals surface area contributed by atoms with Gasteiger partial charge in [0.15, 0.2) is 0 Å². The van der Waals surface area contributed by atoms with Gasteiger partial charge in [0.1, 0.15) is 12.4 Å². The summed E-state index contributed by atoms with van der Waals surface area (Å²) in [5, 5.41) is -0.196. The molecule has 1 aromatic rings. The fourth-order valence-electron chi connectivity index (χ4n) is 1.94. The standard InChI is InChI=1S/C16H16INO3S/c1-3-7-18-15(19)14(22-16(18)20)10-11-5-6-13(12(17)9-11)21-8-4-2/h4-6,9-10H,2-3,7-8H2,1H3/b14-10+. The average molecular weight is 429 g/mol. The second kappa shape index (κ2) is 7.82. The van der Waals surface area contributed by atoms with Crippen LogP contribution < -0.4 is 4.74 Å². The van der Waals surface area contributed by atoms with Crippen LogP contribution in [0.3, 0.4) is 0 Å². The molecule has 0 spiro atoms. The molecule has 1 aliphatic heterocycles. The van der Waals surface area contributed by atoms with Crippen molar-refractivity contribution < 1.29 is 14.3 Å². The number of amides is 2. The predicted molar refractivity (Wildman–Crippen MR) is 97.8 cm³/mol. The van der Waals surface area contributed by atoms with E-state index in [0.29, 0.717) is 18.1 Å². The van der Waals surface area contributed by atoms with Gasteiger partial charge in [0.25, 0.3) is 11.1 Å². The Bertz CT molecular complexity index is 642. The maximum atomic E-state index is 12.2. The molecule has 0 N–H and O–H groups in total. The number of carbonyl (C=O) groups is 2. The number of nitrogens with zero attached hydrogens (tertiary/aromatic N) is 1. The highest BCUT2D eigenvalue weighted by atomic mass is 127. The lowest BCUT2D eigenvalue weighted by Gasteiger charge is -2.09. The Balaban J connectivity index is 2.19. The Morgan fingerprint density at radius 3 is 2.82 bits per heavy atom. The molecule has 0 aliphatic carbocycles. The summed E-state index contributed by atoms with van der Waals surface area (Å²) in [5.41, 5.74) is 0.873. The Morgan fingerprint density at radius 2 is 2.18 bits per heavy atom. The lowest BCUT2D eigenvalue weighted by molar-refractivity contribution is -0.122. The molecule has 0 atom stereocenters. The number of hydrogen-bond donors (Lipinski definition) is 0. The zero-order chi connectivity index (χ0) is 16.1. The van der Waals surface area contributed by atoms with Gasteiger partial charge < -0.3 is 4.74 Å². The van der Waals surface area contributed by atoms with Crippen molar-refractivity contribution in [2.24, 2.45) is 0 Å². The third-order valence-electron chi connectivity index (χ3n) is 2.93. The fourth-order valence-corrected chi connectivity index (χ4v) is 3.50. The molecule has 0 radical (unpaired) electrons. The smallest absolute Gasteiger partial charge is 0.293 e. The highest BCUT2D eigenvalue weighted by Crippen LogP contribution is 2.33. The number of halogens is 1. The van der Waals surface area contributed by atoms with Crippen LogP contribution in [0.1, 0.15) is 18.9 Å². The van der Waals surface area contributed by atoms with Crippen LogP contribution in [0.15, 0.2) is 35.8 Å². The molecular formula is C16H16INO3S. The van der Waals surface area contributed by atoms with Crippen LogP contribution >= 0.6 is 34.4 Å². The quantitative estimate of drug-likeness (QED) is 0.384. The lowest BCUT2D eigenvalue weighted by Crippen LogP contribution is -2.28. The first-order valence-electron chi connectivity index (χ1n) is 6.85. The van der Waals surface area contributed by atoms with E-state index in [9.17, 15) is 9.59 Å². The van der Waals surface area contributed by atoms with Crippen LogP contribution in [0.5, 0.6) is 5.75 Å². The highest BCUT2D eigenvalue weighted by Gasteiger charge is 2.34. The van der Waals surface area contributed by atoms with Gasteiger partial charge in [-0.2, -0.15) is 0 Å². The Morgan fingerprint density at radius 1 is 1.41 bits per heavy atom. The van der Waals surface area contributed by atoms with Crippen molar-refractivity contribution in [3.05, 3.63) is 44.9 Å². The first-order chi connectivity index (χ1) is 10.6. The molecule has 1 aliphatic rings. The number of imide groups is 1. The zero-order valence-corrected chi connectivity index (χ0v) is 15.1. The van der Waals surface area contributed by atoms with E-state index in [0.717, 1.165) is 33.1 Å². The number of thioether (sulfide) groups is 1. The summed E-state index contributed by atoms with van der Waals surface area (Å²) in [5.74, 6) is 0.565. The summed E-state index contributed by atoms with van der Waals surface area (Å²) < 4.78 is 6.46. The molecule has 4 nitrogen and oxygen atoms in total. The topological polar surface area (TPSA) is 46.6 Å². The molecule has 6 heteroatoms. The van der Waals surface area contributed by atoms with Gasteiger partial charge in [-0.3, -0.25) is 14.5 Å². The monoisotopic (exact) mass is 429 g/mol. The van der Waals surface area contributed by atoms with Gasteiger partial charge in [-0.25, -0.2) is 0 Å². The number of hydrogen-bond acceptors (Lipinski definition) is 4. The number of carbonyl (C=O) groups excluding carboxylic acids is 2. The Labute approximate surface area is 147 Å². The minimum atomic E-state index is -0.209. The molecule has 2 amide bonds. The maximum absolute atomic E-state index is 12.2. The molecule has 22 heavy (non-hydrogen) atoms. The summed E-state index contributed by atoms with van der Waals surface area (Å²) in [4.78, 5) is 25.8. The second-order valence-corrected chi connectivity index (χ2v) is 6.78. The zero-order valence-electron chi connectivity index (χ0n) is 12.2. The van der Waals surface area contributed by atoms with E-state index in [2.05, 4.69) is 29.2 Å². The second-order valence-electron chi connectivity index (χ2n) is 4.62. The third-order valence-corrected chi connectivity index (χ3v) is 4.68. The largest absolute Gasteiger partial charge is 0.488 e. The minimum Gasteiger partial charge on any atom is -0.488 e. The predicted octanol–water partition coefficient (Wildman–Crippen LogP) is 4.30. The van der Waals surface area contributed by atoms with E-state index in [1.165, 1.54) is 4.90 Å². The molecule has 1 heterocycles. The number of rotatable bonds is 6. The van der Waals surface area contributed by atoms with Gasteiger partial charge >= 0.3 is 0 Å². The summed E-state index contributed by atoms with van der Waals surface area (Å²) in [6.07, 6.45) is 4.20. The maximum Gasteiger partial charge on any atom is 0.293 e. The molecule has 1 fully saturated rings. The van der Waals surface area contributed by atoms with Crippen molar-refractivity contribution in [3.8, 4) is 5.75 Å². The van der Waals surface area contributed by atoms with Crippen molar-refractivity contribution >= 4 is 51.6 Å². The first-order valence-corrected chi connectivity index (χ1v) is 8.75. The number of ether oxygens (including phenoxy) is 1. The van der Waals surface area contributed by atoms with Gasteiger partial charge in [-0.1, -0.05) is 25.6 Å². The normalized spacial score (nSPS) is 16.5. The third kappa shape index (κ3) is 3.92. The molecule has 116 valence electrons. The van der Waals surface area contributed by atoms with E-state index < -0.39 is 0 Å². The molecular weight excluding hydrogens is 413 g/mol. The van der Waals surface area contributed by atoms with Gasteiger partial charge in [-0.05, 0) is 64.5 Å². The molecule has 0 aromatic heterocycles. The van der Waals surface area contributed by atoms with E-state index in [1.807, 2.05) is 25.1 Å². The lowest BCUT2D eigenvalue weighted by atomic mass is 10.2. The van der Waals surface area contributed by atoms with Crippen molar-refractivity contribution in [2.75, 3.05) is 13.2 Å². The van der Waals surface area contributed by atoms with Gasteiger partial charge in [0.2, 0.25) is 0 Å². The van der Waals surface area contributed by atoms with E-state index in [-0.39, 0.29) is 11.1 Å². The Hall–Kier alpha value is -1.28. The molecule has 0 saturated carbocycles. The van der Waals surface area contributed by atoms with Gasteiger partial charge in [0.05, 0.1) is 8.48 Å². The van der Waals surface area contributed by atoms with E-state index in [4.69, 9.17) is 4.74 Å². The molecule has 0 bridgehead atoms. The first kappa shape index (κ1) is 17.1. The molecule has 1 saturated heterocycles. The summed E-state index contributed by atoms with van der Waals surface area (Å²) >= 11 is 3.17. The van der Waals surface area contributed by atoms with Crippen molar-refractivity contribution in [1.29, 1.82) is 0 Å². The van der Waals surface area contributed by atoms with Gasteiger partial charge in [0, 0.05) is 6.54 Å². The summed E-state index contributed by atoms with van der Waals surface area (Å²) in [6.45, 7) is 6.47. The molecule has 2 rings (SSSR count). The van der Waals surface area contributed by atoms with Crippen LogP contribution in [-0.4, -0.2) is 29.2 Å². The fraction of sp³-hybridized carbons (Fsp3) is 0.250. The van der Waals surface area contributed by atoms with Crippen molar-refractivity contribution in [1.82, 2.24) is 4.90 Å². The number of benzene rings is 1. The van der Waals surface area contributed by atoms with Crippen LogP contribution in [0.4, 0.5) is 4.79 Å². The van der Waals surface area contributed by atoms with Crippen molar-refractivity contribution in [2.45, 2.75) is 13.3 Å². The summed E-state index contributed by atoms with van der Waals surface area (Å²) in [6, 6.07) is 5.65.